The standard InChI is InChI=1S/C57H38N4/c1-5-16-39(17-6-1)40-28-30-44(31-29-40)57-58-52(42-19-7-2-8-20-42)38-53(59-57)49-26-15-27-50-54-48-25-14-13-18-41(48)34-37-51(54)55(60-56(49)50)43-32-35-47(36-33-43)61(45-21-9-3-10-22-45)46-23-11-4-12-24-46/h1-38H. The fourth-order valence-electron chi connectivity index (χ4n) is 8.51. The highest BCUT2D eigenvalue weighted by atomic mass is 15.1. The van der Waals surface area contributed by atoms with Crippen LogP contribution >= 0.6 is 0 Å². The highest BCUT2D eigenvalue weighted by molar-refractivity contribution is 6.23. The van der Waals surface area contributed by atoms with Gasteiger partial charge in [-0.05, 0) is 64.4 Å². The number of aromatic nitrogens is 3. The Morgan fingerprint density at radius 3 is 1.52 bits per heavy atom. The number of hydrogen-bond donors (Lipinski definition) is 0. The third-order valence-electron chi connectivity index (χ3n) is 11.5. The van der Waals surface area contributed by atoms with Crippen molar-refractivity contribution in [1.29, 1.82) is 0 Å². The second kappa shape index (κ2) is 15.5. The summed E-state index contributed by atoms with van der Waals surface area (Å²) in [6.07, 6.45) is 0. The van der Waals surface area contributed by atoms with E-state index in [1.54, 1.807) is 0 Å². The van der Waals surface area contributed by atoms with Gasteiger partial charge >= 0.3 is 0 Å². The molecule has 0 saturated heterocycles. The van der Waals surface area contributed by atoms with Gasteiger partial charge in [-0.1, -0.05) is 188 Å². The van der Waals surface area contributed by atoms with Crippen LogP contribution in [-0.4, -0.2) is 15.0 Å². The zero-order chi connectivity index (χ0) is 40.5. The fraction of sp³-hybridized carbons (Fsp3) is 0. The van der Waals surface area contributed by atoms with Gasteiger partial charge in [-0.25, -0.2) is 15.0 Å². The van der Waals surface area contributed by atoms with Crippen molar-refractivity contribution in [2.75, 3.05) is 4.90 Å². The number of nitrogens with zero attached hydrogens (tertiary/aromatic N) is 4. The second-order valence-electron chi connectivity index (χ2n) is 15.2. The Bertz CT molecular complexity index is 3280. The molecule has 11 rings (SSSR count). The van der Waals surface area contributed by atoms with Crippen molar-refractivity contribution < 1.29 is 0 Å². The maximum Gasteiger partial charge on any atom is 0.160 e. The molecule has 0 aliphatic rings. The van der Waals surface area contributed by atoms with Crippen molar-refractivity contribution in [2.24, 2.45) is 0 Å². The van der Waals surface area contributed by atoms with Gasteiger partial charge in [0.25, 0.3) is 0 Å². The van der Waals surface area contributed by atoms with E-state index in [2.05, 4.69) is 223 Å². The van der Waals surface area contributed by atoms with E-state index in [0.717, 1.165) is 78.3 Å². The third-order valence-corrected chi connectivity index (χ3v) is 11.5. The smallest absolute Gasteiger partial charge is 0.160 e. The molecule has 61 heavy (non-hydrogen) atoms. The largest absolute Gasteiger partial charge is 0.311 e. The molecule has 11 aromatic rings. The SMILES string of the molecule is c1ccc(-c2ccc(-c3nc(-c4ccccc4)cc(-c4cccc5c4nc(-c4ccc(N(c6ccccc6)c6ccccc6)cc4)c4ccc6ccccc6c45)n3)cc2)cc1. The molecule has 0 N–H and O–H groups in total. The van der Waals surface area contributed by atoms with E-state index in [-0.39, 0.29) is 0 Å². The van der Waals surface area contributed by atoms with Gasteiger partial charge in [0.1, 0.15) is 0 Å². The van der Waals surface area contributed by atoms with Crippen LogP contribution in [0.3, 0.4) is 0 Å². The van der Waals surface area contributed by atoms with Crippen LogP contribution in [0.2, 0.25) is 0 Å². The Morgan fingerprint density at radius 1 is 0.311 bits per heavy atom. The minimum Gasteiger partial charge on any atom is -0.311 e. The molecule has 4 heteroatoms. The number of benzene rings is 9. The molecule has 4 nitrogen and oxygen atoms in total. The van der Waals surface area contributed by atoms with Crippen molar-refractivity contribution >= 4 is 49.5 Å². The molecule has 0 atom stereocenters. The Balaban J connectivity index is 1.11. The predicted molar refractivity (Wildman–Crippen MR) is 254 cm³/mol. The van der Waals surface area contributed by atoms with E-state index in [0.29, 0.717) is 5.82 Å². The summed E-state index contributed by atoms with van der Waals surface area (Å²) in [5, 5.41) is 5.73. The van der Waals surface area contributed by atoms with Crippen LogP contribution in [0.1, 0.15) is 0 Å². The van der Waals surface area contributed by atoms with Crippen molar-refractivity contribution in [2.45, 2.75) is 0 Å². The lowest BCUT2D eigenvalue weighted by Crippen LogP contribution is -2.09. The summed E-state index contributed by atoms with van der Waals surface area (Å²) in [6, 6.07) is 80.8. The molecule has 0 unspecified atom stereocenters. The normalized spacial score (nSPS) is 11.3. The lowest BCUT2D eigenvalue weighted by molar-refractivity contribution is 1.18. The number of anilines is 3. The number of pyridine rings is 1. The van der Waals surface area contributed by atoms with E-state index in [9.17, 15) is 0 Å². The van der Waals surface area contributed by atoms with Gasteiger partial charge in [0.2, 0.25) is 0 Å². The van der Waals surface area contributed by atoms with Crippen LogP contribution < -0.4 is 4.90 Å². The average molecular weight is 779 g/mol. The van der Waals surface area contributed by atoms with Crippen LogP contribution in [0.25, 0.3) is 88.7 Å². The lowest BCUT2D eigenvalue weighted by Gasteiger charge is -2.25. The number of rotatable bonds is 8. The maximum atomic E-state index is 5.62. The Morgan fingerprint density at radius 2 is 0.836 bits per heavy atom. The van der Waals surface area contributed by atoms with Gasteiger partial charge in [0.05, 0.1) is 22.6 Å². The first kappa shape index (κ1) is 35.9. The Hall–Kier alpha value is -8.21. The summed E-state index contributed by atoms with van der Waals surface area (Å²) in [6.45, 7) is 0. The van der Waals surface area contributed by atoms with Crippen molar-refractivity contribution in [3.05, 3.63) is 231 Å². The summed E-state index contributed by atoms with van der Waals surface area (Å²) in [5.41, 5.74) is 13.0. The molecule has 2 aromatic heterocycles. The average Bonchev–Trinajstić information content (AvgIpc) is 3.35. The fourth-order valence-corrected chi connectivity index (χ4v) is 8.51. The number of hydrogen-bond acceptors (Lipinski definition) is 4. The van der Waals surface area contributed by atoms with Crippen LogP contribution in [0.5, 0.6) is 0 Å². The minimum atomic E-state index is 0.663. The summed E-state index contributed by atoms with van der Waals surface area (Å²) in [7, 11) is 0. The van der Waals surface area contributed by atoms with Crippen LogP contribution in [-0.2, 0) is 0 Å². The summed E-state index contributed by atoms with van der Waals surface area (Å²) < 4.78 is 0. The van der Waals surface area contributed by atoms with E-state index < -0.39 is 0 Å². The van der Waals surface area contributed by atoms with Gasteiger partial charge in [0.15, 0.2) is 5.82 Å². The molecule has 0 aliphatic carbocycles. The van der Waals surface area contributed by atoms with Gasteiger partial charge in [0, 0.05) is 55.5 Å². The molecule has 9 aromatic carbocycles. The van der Waals surface area contributed by atoms with Crippen LogP contribution in [0.15, 0.2) is 231 Å². The molecular formula is C57H38N4. The zero-order valence-corrected chi connectivity index (χ0v) is 33.2. The Labute approximate surface area is 354 Å². The number of fused-ring (bicyclic) bond motifs is 5. The Kier molecular flexibility index (Phi) is 9.14. The van der Waals surface area contributed by atoms with E-state index in [1.807, 2.05) is 12.1 Å². The highest BCUT2D eigenvalue weighted by Crippen LogP contribution is 2.42. The van der Waals surface area contributed by atoms with Gasteiger partial charge in [-0.15, -0.1) is 0 Å². The quantitative estimate of drug-likeness (QED) is 0.144. The predicted octanol–water partition coefficient (Wildman–Crippen LogP) is 15.1. The molecule has 0 fully saturated rings. The molecule has 0 saturated carbocycles. The van der Waals surface area contributed by atoms with Crippen molar-refractivity contribution in [3.63, 3.8) is 0 Å². The summed E-state index contributed by atoms with van der Waals surface area (Å²) in [5.74, 6) is 0.663. The summed E-state index contributed by atoms with van der Waals surface area (Å²) >= 11 is 0. The van der Waals surface area contributed by atoms with Crippen LogP contribution in [0.4, 0.5) is 17.1 Å². The topological polar surface area (TPSA) is 41.9 Å². The zero-order valence-electron chi connectivity index (χ0n) is 33.2. The van der Waals surface area contributed by atoms with Crippen molar-refractivity contribution in [1.82, 2.24) is 15.0 Å². The first-order valence-corrected chi connectivity index (χ1v) is 20.6. The molecule has 0 radical (unpaired) electrons. The third kappa shape index (κ3) is 6.76. The van der Waals surface area contributed by atoms with E-state index >= 15 is 0 Å². The van der Waals surface area contributed by atoms with Crippen LogP contribution in [0, 0.1) is 0 Å². The first-order valence-electron chi connectivity index (χ1n) is 20.6. The highest BCUT2D eigenvalue weighted by Gasteiger charge is 2.19. The monoisotopic (exact) mass is 778 g/mol. The minimum absolute atomic E-state index is 0.663. The van der Waals surface area contributed by atoms with Crippen molar-refractivity contribution in [3.8, 4) is 56.3 Å². The first-order chi connectivity index (χ1) is 30.2. The molecular weight excluding hydrogens is 741 g/mol. The molecule has 0 aliphatic heterocycles. The van der Waals surface area contributed by atoms with E-state index in [4.69, 9.17) is 15.0 Å². The number of para-hydroxylation sites is 3. The molecule has 286 valence electrons. The second-order valence-corrected chi connectivity index (χ2v) is 15.2. The maximum absolute atomic E-state index is 5.62. The van der Waals surface area contributed by atoms with E-state index in [1.165, 1.54) is 21.7 Å². The van der Waals surface area contributed by atoms with Gasteiger partial charge in [-0.2, -0.15) is 0 Å². The molecule has 0 bridgehead atoms. The van der Waals surface area contributed by atoms with Gasteiger partial charge < -0.3 is 4.90 Å². The van der Waals surface area contributed by atoms with Gasteiger partial charge in [-0.3, -0.25) is 0 Å². The lowest BCUT2D eigenvalue weighted by atomic mass is 9.93. The molecule has 0 spiro atoms. The molecule has 2 heterocycles. The summed E-state index contributed by atoms with van der Waals surface area (Å²) in [4.78, 5) is 18.4. The molecule has 0 amide bonds.